The van der Waals surface area contributed by atoms with Crippen molar-refractivity contribution in [2.45, 2.75) is 19.0 Å². The molecule has 28 heavy (non-hydrogen) atoms. The van der Waals surface area contributed by atoms with Crippen molar-refractivity contribution in [2.24, 2.45) is 0 Å². The molecule has 2 atom stereocenters. The van der Waals surface area contributed by atoms with Gasteiger partial charge in [-0.15, -0.1) is 0 Å². The van der Waals surface area contributed by atoms with Crippen LogP contribution in [-0.2, 0) is 0 Å². The van der Waals surface area contributed by atoms with E-state index in [9.17, 15) is 0 Å². The second kappa shape index (κ2) is 8.10. The van der Waals surface area contributed by atoms with Gasteiger partial charge < -0.3 is 10.6 Å². The quantitative estimate of drug-likeness (QED) is 0.537. The maximum absolute atomic E-state index is 4.85. The Morgan fingerprint density at radius 1 is 0.857 bits per heavy atom. The molecule has 3 aromatic heterocycles. The van der Waals surface area contributed by atoms with Crippen molar-refractivity contribution in [2.75, 3.05) is 12.4 Å². The van der Waals surface area contributed by atoms with E-state index < -0.39 is 0 Å². The zero-order valence-corrected chi connectivity index (χ0v) is 15.9. The molecule has 2 N–H and O–H groups in total. The lowest BCUT2D eigenvalue weighted by Gasteiger charge is -2.26. The van der Waals surface area contributed by atoms with Crippen molar-refractivity contribution in [3.63, 3.8) is 0 Å². The number of hydrogen-bond acceptors (Lipinski definition) is 6. The van der Waals surface area contributed by atoms with E-state index in [1.54, 1.807) is 24.8 Å². The first-order chi connectivity index (χ1) is 13.8. The Hall–Kier alpha value is -3.38. The normalized spacial score (nSPS) is 13.2. The molecule has 0 bridgehead atoms. The summed E-state index contributed by atoms with van der Waals surface area (Å²) < 4.78 is 0. The summed E-state index contributed by atoms with van der Waals surface area (Å²) in [5, 5.41) is 7.94. The Morgan fingerprint density at radius 2 is 1.61 bits per heavy atom. The first-order valence-corrected chi connectivity index (χ1v) is 9.27. The van der Waals surface area contributed by atoms with Gasteiger partial charge in [-0.3, -0.25) is 9.97 Å². The smallest absolute Gasteiger partial charge is 0.162 e. The molecule has 4 rings (SSSR count). The summed E-state index contributed by atoms with van der Waals surface area (Å²) in [7, 11) is 1.96. The summed E-state index contributed by atoms with van der Waals surface area (Å²) in [6.45, 7) is 2.15. The van der Waals surface area contributed by atoms with E-state index in [2.05, 4.69) is 51.8 Å². The lowest BCUT2D eigenvalue weighted by molar-refractivity contribution is 0.532. The van der Waals surface area contributed by atoms with Gasteiger partial charge in [0.05, 0.1) is 17.8 Å². The molecule has 0 saturated carbocycles. The summed E-state index contributed by atoms with van der Waals surface area (Å²) in [4.78, 5) is 17.9. The van der Waals surface area contributed by atoms with E-state index in [0.29, 0.717) is 5.82 Å². The molecule has 0 amide bonds. The van der Waals surface area contributed by atoms with Gasteiger partial charge in [0.25, 0.3) is 0 Å². The summed E-state index contributed by atoms with van der Waals surface area (Å²) >= 11 is 0. The van der Waals surface area contributed by atoms with E-state index >= 15 is 0 Å². The topological polar surface area (TPSA) is 75.6 Å². The van der Waals surface area contributed by atoms with E-state index in [1.165, 1.54) is 5.56 Å². The first-order valence-electron chi connectivity index (χ1n) is 9.27. The van der Waals surface area contributed by atoms with Crippen molar-refractivity contribution in [3.8, 4) is 11.4 Å². The second-order valence-corrected chi connectivity index (χ2v) is 6.63. The molecule has 0 saturated heterocycles. The highest BCUT2D eigenvalue weighted by atomic mass is 15.1. The molecule has 1 aromatic carbocycles. The summed E-state index contributed by atoms with van der Waals surface area (Å²) in [5.41, 5.74) is 2.91. The van der Waals surface area contributed by atoms with Crippen LogP contribution in [0.2, 0.25) is 0 Å². The zero-order chi connectivity index (χ0) is 19.3. The predicted octanol–water partition coefficient (Wildman–Crippen LogP) is 3.85. The molecular weight excluding hydrogens is 348 g/mol. The number of nitrogens with one attached hydrogen (secondary N) is 2. The van der Waals surface area contributed by atoms with Gasteiger partial charge in [-0.25, -0.2) is 9.97 Å². The molecule has 0 aliphatic rings. The minimum atomic E-state index is 0.0442. The first kappa shape index (κ1) is 18.0. The Morgan fingerprint density at radius 3 is 2.36 bits per heavy atom. The number of anilines is 1. The van der Waals surface area contributed by atoms with Gasteiger partial charge in [0.1, 0.15) is 5.82 Å². The summed E-state index contributed by atoms with van der Waals surface area (Å²) in [5.74, 6) is 1.43. The number of benzene rings is 1. The molecular formula is C22H22N6. The third-order valence-electron chi connectivity index (χ3n) is 4.84. The van der Waals surface area contributed by atoms with Crippen LogP contribution in [-0.4, -0.2) is 33.0 Å². The number of aromatic nitrogens is 4. The standard InChI is InChI=1S/C22H22N6/c1-15(23-2)20(16-6-4-3-5-7-16)27-22-18-10-13-25-14-19(18)26-21(28-22)17-8-11-24-12-9-17/h3-15,20,23H,1-2H3,(H,26,27,28)/t15-,20?/m0/s1. The minimum Gasteiger partial charge on any atom is -0.361 e. The van der Waals surface area contributed by atoms with E-state index in [-0.39, 0.29) is 12.1 Å². The Bertz CT molecular complexity index is 1050. The van der Waals surface area contributed by atoms with Crippen LogP contribution in [0.25, 0.3) is 22.3 Å². The second-order valence-electron chi connectivity index (χ2n) is 6.63. The average Bonchev–Trinajstić information content (AvgIpc) is 2.78. The van der Waals surface area contributed by atoms with Crippen LogP contribution in [0.5, 0.6) is 0 Å². The third kappa shape index (κ3) is 3.68. The fourth-order valence-electron chi connectivity index (χ4n) is 3.19. The van der Waals surface area contributed by atoms with E-state index in [1.807, 2.05) is 31.3 Å². The molecule has 140 valence electrons. The van der Waals surface area contributed by atoms with Crippen molar-refractivity contribution >= 4 is 16.7 Å². The highest BCUT2D eigenvalue weighted by Crippen LogP contribution is 2.28. The maximum atomic E-state index is 4.85. The van der Waals surface area contributed by atoms with E-state index in [0.717, 1.165) is 22.3 Å². The Labute approximate surface area is 164 Å². The molecule has 0 fully saturated rings. The van der Waals surface area contributed by atoms with Gasteiger partial charge in [0, 0.05) is 35.6 Å². The highest BCUT2D eigenvalue weighted by molar-refractivity contribution is 5.90. The van der Waals surface area contributed by atoms with Gasteiger partial charge in [-0.1, -0.05) is 30.3 Å². The van der Waals surface area contributed by atoms with Crippen LogP contribution in [0.15, 0.2) is 73.3 Å². The molecule has 1 unspecified atom stereocenters. The van der Waals surface area contributed by atoms with Crippen molar-refractivity contribution in [1.29, 1.82) is 0 Å². The van der Waals surface area contributed by atoms with Crippen LogP contribution in [0.4, 0.5) is 5.82 Å². The monoisotopic (exact) mass is 370 g/mol. The van der Waals surface area contributed by atoms with E-state index in [4.69, 9.17) is 9.97 Å². The molecule has 0 aliphatic heterocycles. The van der Waals surface area contributed by atoms with Crippen LogP contribution in [0.1, 0.15) is 18.5 Å². The van der Waals surface area contributed by atoms with Gasteiger partial charge in [0.2, 0.25) is 0 Å². The average molecular weight is 370 g/mol. The van der Waals surface area contributed by atoms with Crippen molar-refractivity contribution in [1.82, 2.24) is 25.3 Å². The third-order valence-corrected chi connectivity index (χ3v) is 4.84. The van der Waals surface area contributed by atoms with Crippen molar-refractivity contribution < 1.29 is 0 Å². The molecule has 6 nitrogen and oxygen atoms in total. The van der Waals surface area contributed by atoms with Gasteiger partial charge in [-0.05, 0) is 37.7 Å². The number of fused-ring (bicyclic) bond motifs is 1. The number of nitrogens with zero attached hydrogens (tertiary/aromatic N) is 4. The molecule has 4 aromatic rings. The number of hydrogen-bond donors (Lipinski definition) is 2. The van der Waals surface area contributed by atoms with Gasteiger partial charge >= 0.3 is 0 Å². The molecule has 3 heterocycles. The zero-order valence-electron chi connectivity index (χ0n) is 15.9. The SMILES string of the molecule is CN[C@@H](C)C(Nc1nc(-c2ccncc2)nc2cnccc12)c1ccccc1. The minimum absolute atomic E-state index is 0.0442. The van der Waals surface area contributed by atoms with Crippen LogP contribution >= 0.6 is 0 Å². The molecule has 0 aliphatic carbocycles. The largest absolute Gasteiger partial charge is 0.361 e. The van der Waals surface area contributed by atoms with Gasteiger partial charge in [0.15, 0.2) is 5.82 Å². The highest BCUT2D eigenvalue weighted by Gasteiger charge is 2.20. The van der Waals surface area contributed by atoms with Gasteiger partial charge in [-0.2, -0.15) is 0 Å². The Kier molecular flexibility index (Phi) is 5.21. The fourth-order valence-corrected chi connectivity index (χ4v) is 3.19. The molecule has 0 radical (unpaired) electrons. The van der Waals surface area contributed by atoms with Crippen LogP contribution in [0.3, 0.4) is 0 Å². The Balaban J connectivity index is 1.82. The van der Waals surface area contributed by atoms with Crippen LogP contribution in [0, 0.1) is 0 Å². The number of likely N-dealkylation sites (N-methyl/N-ethyl adjacent to an activating group) is 1. The molecule has 0 spiro atoms. The molecule has 6 heteroatoms. The maximum Gasteiger partial charge on any atom is 0.162 e. The lowest BCUT2D eigenvalue weighted by atomic mass is 10.0. The summed E-state index contributed by atoms with van der Waals surface area (Å²) in [6.07, 6.45) is 7.03. The lowest BCUT2D eigenvalue weighted by Crippen LogP contribution is -2.33. The van der Waals surface area contributed by atoms with Crippen LogP contribution < -0.4 is 10.6 Å². The van der Waals surface area contributed by atoms with Crippen molar-refractivity contribution in [3.05, 3.63) is 78.9 Å². The fraction of sp³-hybridized carbons (Fsp3) is 0.182. The number of pyridine rings is 2. The predicted molar refractivity (Wildman–Crippen MR) is 112 cm³/mol. The summed E-state index contributed by atoms with van der Waals surface area (Å²) in [6, 6.07) is 16.4. The number of rotatable bonds is 6.